The summed E-state index contributed by atoms with van der Waals surface area (Å²) in [5, 5.41) is 0. The molecule has 0 aliphatic carbocycles. The molecule has 5 heteroatoms. The van der Waals surface area contributed by atoms with Gasteiger partial charge < -0.3 is 14.4 Å². The largest absolute Gasteiger partial charge is 0.497 e. The molecule has 0 radical (unpaired) electrons. The van der Waals surface area contributed by atoms with Crippen molar-refractivity contribution in [2.45, 2.75) is 12.8 Å². The highest BCUT2D eigenvalue weighted by Gasteiger charge is 2.20. The van der Waals surface area contributed by atoms with E-state index in [4.69, 9.17) is 9.47 Å². The smallest absolute Gasteiger partial charge is 0.123 e. The Bertz CT molecular complexity index is 618. The molecule has 1 unspecified atom stereocenters. The maximum Gasteiger partial charge on any atom is 0.123 e. The molecular formula is C19H23ClFNO2. The SMILES string of the molecule is COc1ccc(OCC2CCCN(c3ccc(F)cc3)C2)cc1.Cl. The average molecular weight is 352 g/mol. The standard InChI is InChI=1S/C19H22FNO2.ClH/c1-22-18-8-10-19(11-9-18)23-14-15-3-2-12-21(13-15)17-6-4-16(20)5-7-17;/h4-11,15H,2-3,12-14H2,1H3;1H. The molecule has 0 N–H and O–H groups in total. The molecule has 1 aliphatic heterocycles. The Kier molecular flexibility index (Phi) is 6.73. The molecule has 3 nitrogen and oxygen atoms in total. The Balaban J connectivity index is 0.00000208. The Morgan fingerprint density at radius 1 is 1.04 bits per heavy atom. The monoisotopic (exact) mass is 351 g/mol. The number of nitrogens with zero attached hydrogens (tertiary/aromatic N) is 1. The van der Waals surface area contributed by atoms with Gasteiger partial charge >= 0.3 is 0 Å². The van der Waals surface area contributed by atoms with Gasteiger partial charge in [0.25, 0.3) is 0 Å². The molecule has 1 aliphatic rings. The molecule has 24 heavy (non-hydrogen) atoms. The van der Waals surface area contributed by atoms with E-state index in [-0.39, 0.29) is 18.2 Å². The van der Waals surface area contributed by atoms with Crippen molar-refractivity contribution >= 4 is 18.1 Å². The summed E-state index contributed by atoms with van der Waals surface area (Å²) < 4.78 is 24.1. The zero-order valence-corrected chi connectivity index (χ0v) is 14.6. The summed E-state index contributed by atoms with van der Waals surface area (Å²) in [5.41, 5.74) is 1.08. The summed E-state index contributed by atoms with van der Waals surface area (Å²) in [7, 11) is 1.65. The van der Waals surface area contributed by atoms with Crippen LogP contribution in [0.25, 0.3) is 0 Å². The fourth-order valence-corrected chi connectivity index (χ4v) is 2.97. The first-order chi connectivity index (χ1) is 11.2. The highest BCUT2D eigenvalue weighted by molar-refractivity contribution is 5.85. The minimum atomic E-state index is -0.190. The second kappa shape index (κ2) is 8.78. The van der Waals surface area contributed by atoms with Crippen LogP contribution in [0.2, 0.25) is 0 Å². The topological polar surface area (TPSA) is 21.7 Å². The molecule has 130 valence electrons. The lowest BCUT2D eigenvalue weighted by Gasteiger charge is -2.34. The van der Waals surface area contributed by atoms with Gasteiger partial charge in [-0.05, 0) is 61.4 Å². The number of halogens is 2. The molecular weight excluding hydrogens is 329 g/mol. The molecule has 1 saturated heterocycles. The molecule has 2 aromatic rings. The predicted molar refractivity (Wildman–Crippen MR) is 97.1 cm³/mol. The molecule has 3 rings (SSSR count). The molecule has 2 aromatic carbocycles. The van der Waals surface area contributed by atoms with Gasteiger partial charge in [-0.15, -0.1) is 12.4 Å². The Morgan fingerprint density at radius 2 is 1.71 bits per heavy atom. The Hall–Kier alpha value is -1.94. The van der Waals surface area contributed by atoms with Crippen molar-refractivity contribution in [3.05, 3.63) is 54.3 Å². The summed E-state index contributed by atoms with van der Waals surface area (Å²) in [6.07, 6.45) is 2.29. The maximum atomic E-state index is 13.0. The van der Waals surface area contributed by atoms with Crippen LogP contribution in [0, 0.1) is 11.7 Å². The van der Waals surface area contributed by atoms with E-state index >= 15 is 0 Å². The van der Waals surface area contributed by atoms with E-state index in [9.17, 15) is 4.39 Å². The van der Waals surface area contributed by atoms with Crippen molar-refractivity contribution in [3.63, 3.8) is 0 Å². The third kappa shape index (κ3) is 4.78. The van der Waals surface area contributed by atoms with Crippen LogP contribution in [0.15, 0.2) is 48.5 Å². The van der Waals surface area contributed by atoms with E-state index in [1.807, 2.05) is 36.4 Å². The summed E-state index contributed by atoms with van der Waals surface area (Å²) >= 11 is 0. The van der Waals surface area contributed by atoms with Gasteiger partial charge in [-0.2, -0.15) is 0 Å². The first-order valence-electron chi connectivity index (χ1n) is 8.02. The number of hydrogen-bond donors (Lipinski definition) is 0. The highest BCUT2D eigenvalue weighted by Crippen LogP contribution is 2.25. The predicted octanol–water partition coefficient (Wildman–Crippen LogP) is 4.55. The molecule has 1 fully saturated rings. The van der Waals surface area contributed by atoms with E-state index in [0.29, 0.717) is 12.5 Å². The van der Waals surface area contributed by atoms with Crippen LogP contribution in [-0.4, -0.2) is 26.8 Å². The molecule has 1 atom stereocenters. The van der Waals surface area contributed by atoms with E-state index in [1.54, 1.807) is 7.11 Å². The number of anilines is 1. The van der Waals surface area contributed by atoms with Gasteiger partial charge in [0, 0.05) is 24.7 Å². The lowest BCUT2D eigenvalue weighted by atomic mass is 9.98. The third-order valence-electron chi connectivity index (χ3n) is 4.26. The van der Waals surface area contributed by atoms with Crippen LogP contribution in [0.1, 0.15) is 12.8 Å². The Labute approximate surface area is 148 Å². The van der Waals surface area contributed by atoms with Gasteiger partial charge in [0.15, 0.2) is 0 Å². The Morgan fingerprint density at radius 3 is 2.38 bits per heavy atom. The third-order valence-corrected chi connectivity index (χ3v) is 4.26. The summed E-state index contributed by atoms with van der Waals surface area (Å²) in [4.78, 5) is 2.31. The maximum absolute atomic E-state index is 13.0. The van der Waals surface area contributed by atoms with E-state index in [2.05, 4.69) is 4.90 Å². The van der Waals surface area contributed by atoms with Gasteiger partial charge in [0.2, 0.25) is 0 Å². The second-order valence-electron chi connectivity index (χ2n) is 5.92. The number of hydrogen-bond acceptors (Lipinski definition) is 3. The van der Waals surface area contributed by atoms with Crippen molar-refractivity contribution in [1.29, 1.82) is 0 Å². The number of methoxy groups -OCH3 is 1. The van der Waals surface area contributed by atoms with Crippen LogP contribution in [0.4, 0.5) is 10.1 Å². The minimum absolute atomic E-state index is 0. The fraction of sp³-hybridized carbons (Fsp3) is 0.368. The van der Waals surface area contributed by atoms with Crippen molar-refractivity contribution in [2.24, 2.45) is 5.92 Å². The molecule has 0 spiro atoms. The van der Waals surface area contributed by atoms with Gasteiger partial charge in [-0.25, -0.2) is 4.39 Å². The van der Waals surface area contributed by atoms with Crippen LogP contribution in [-0.2, 0) is 0 Å². The lowest BCUT2D eigenvalue weighted by molar-refractivity contribution is 0.228. The zero-order valence-electron chi connectivity index (χ0n) is 13.8. The van der Waals surface area contributed by atoms with Crippen LogP contribution >= 0.6 is 12.4 Å². The average Bonchev–Trinajstić information content (AvgIpc) is 2.61. The first-order valence-corrected chi connectivity index (χ1v) is 8.02. The highest BCUT2D eigenvalue weighted by atomic mass is 35.5. The molecule has 0 aromatic heterocycles. The van der Waals surface area contributed by atoms with Gasteiger partial charge in [0.1, 0.15) is 17.3 Å². The quantitative estimate of drug-likeness (QED) is 0.788. The van der Waals surface area contributed by atoms with Crippen molar-refractivity contribution in [1.82, 2.24) is 0 Å². The van der Waals surface area contributed by atoms with Crippen molar-refractivity contribution < 1.29 is 13.9 Å². The minimum Gasteiger partial charge on any atom is -0.497 e. The summed E-state index contributed by atoms with van der Waals surface area (Å²) in [6, 6.07) is 14.4. The number of benzene rings is 2. The van der Waals surface area contributed by atoms with Crippen molar-refractivity contribution in [3.8, 4) is 11.5 Å². The van der Waals surface area contributed by atoms with Crippen LogP contribution in [0.5, 0.6) is 11.5 Å². The van der Waals surface area contributed by atoms with Crippen molar-refractivity contribution in [2.75, 3.05) is 31.7 Å². The molecule has 0 saturated carbocycles. The fourth-order valence-electron chi connectivity index (χ4n) is 2.97. The first kappa shape index (κ1) is 18.4. The van der Waals surface area contributed by atoms with E-state index in [0.717, 1.165) is 43.1 Å². The number of piperidine rings is 1. The van der Waals surface area contributed by atoms with Gasteiger partial charge in [-0.1, -0.05) is 0 Å². The zero-order chi connectivity index (χ0) is 16.1. The van der Waals surface area contributed by atoms with Gasteiger partial charge in [0.05, 0.1) is 13.7 Å². The number of rotatable bonds is 5. The number of ether oxygens (including phenoxy) is 2. The summed E-state index contributed by atoms with van der Waals surface area (Å²) in [6.45, 7) is 2.66. The summed E-state index contributed by atoms with van der Waals surface area (Å²) in [5.74, 6) is 1.99. The van der Waals surface area contributed by atoms with Crippen LogP contribution in [0.3, 0.4) is 0 Å². The van der Waals surface area contributed by atoms with E-state index < -0.39 is 0 Å². The lowest BCUT2D eigenvalue weighted by Crippen LogP contribution is -2.37. The molecule has 0 amide bonds. The van der Waals surface area contributed by atoms with Gasteiger partial charge in [-0.3, -0.25) is 0 Å². The normalized spacial score (nSPS) is 17.1. The molecule has 0 bridgehead atoms. The second-order valence-corrected chi connectivity index (χ2v) is 5.92. The van der Waals surface area contributed by atoms with Crippen LogP contribution < -0.4 is 14.4 Å². The van der Waals surface area contributed by atoms with E-state index in [1.165, 1.54) is 12.1 Å². The molecule has 1 heterocycles.